The molecular formula is C13H17N3O2. The van der Waals surface area contributed by atoms with Gasteiger partial charge in [-0.1, -0.05) is 18.2 Å². The highest BCUT2D eigenvalue weighted by Crippen LogP contribution is 2.29. The Hall–Kier alpha value is -1.88. The number of nitrogens with one attached hydrogen (secondary N) is 1. The Labute approximate surface area is 106 Å². The molecule has 1 saturated carbocycles. The number of hydrogen-bond acceptors (Lipinski definition) is 3. The maximum atomic E-state index is 10.4. The van der Waals surface area contributed by atoms with E-state index in [4.69, 9.17) is 10.5 Å². The van der Waals surface area contributed by atoms with Crippen molar-refractivity contribution in [2.75, 3.05) is 6.61 Å². The summed E-state index contributed by atoms with van der Waals surface area (Å²) in [6.07, 6.45) is 4.14. The quantitative estimate of drug-likeness (QED) is 0.592. The fourth-order valence-corrected chi connectivity index (χ4v) is 1.56. The zero-order chi connectivity index (χ0) is 12.8. The average Bonchev–Trinajstić information content (AvgIpc) is 3.13. The fraction of sp³-hybridized carbons (Fsp3) is 0.385. The van der Waals surface area contributed by atoms with Crippen molar-refractivity contribution in [3.05, 3.63) is 35.4 Å². The van der Waals surface area contributed by atoms with Crippen LogP contribution in [0, 0.1) is 5.92 Å². The Morgan fingerprint density at radius 2 is 2.39 bits per heavy atom. The number of hydrazone groups is 1. The Balaban J connectivity index is 1.83. The largest absolute Gasteiger partial charge is 0.376 e. The molecule has 5 heteroatoms. The number of carbonyl (C=O) groups excluding carboxylic acids is 1. The van der Waals surface area contributed by atoms with E-state index < -0.39 is 6.03 Å². The summed E-state index contributed by atoms with van der Waals surface area (Å²) in [4.78, 5) is 10.4. The summed E-state index contributed by atoms with van der Waals surface area (Å²) in [6.45, 7) is 1.46. The minimum atomic E-state index is -0.671. The smallest absolute Gasteiger partial charge is 0.332 e. The van der Waals surface area contributed by atoms with Crippen LogP contribution in [0.15, 0.2) is 29.4 Å². The number of carbonyl (C=O) groups is 1. The maximum Gasteiger partial charge on any atom is 0.332 e. The number of primary amides is 1. The van der Waals surface area contributed by atoms with Gasteiger partial charge in [0.2, 0.25) is 0 Å². The summed E-state index contributed by atoms with van der Waals surface area (Å²) < 4.78 is 5.61. The normalized spacial score (nSPS) is 14.9. The Morgan fingerprint density at radius 3 is 3.11 bits per heavy atom. The number of rotatable bonds is 6. The number of ether oxygens (including phenoxy) is 1. The summed E-state index contributed by atoms with van der Waals surface area (Å²) in [5.74, 6) is 0.773. The van der Waals surface area contributed by atoms with Gasteiger partial charge in [0.1, 0.15) is 0 Å². The molecule has 1 fully saturated rings. The summed E-state index contributed by atoms with van der Waals surface area (Å²) in [5, 5.41) is 3.71. The topological polar surface area (TPSA) is 76.7 Å². The van der Waals surface area contributed by atoms with Crippen molar-refractivity contribution in [1.82, 2.24) is 5.43 Å². The fourth-order valence-electron chi connectivity index (χ4n) is 1.56. The molecule has 18 heavy (non-hydrogen) atoms. The first-order valence-corrected chi connectivity index (χ1v) is 5.99. The first-order chi connectivity index (χ1) is 8.74. The predicted octanol–water partition coefficient (Wildman–Crippen LogP) is 1.62. The highest BCUT2D eigenvalue weighted by atomic mass is 16.5. The van der Waals surface area contributed by atoms with Crippen molar-refractivity contribution in [3.63, 3.8) is 0 Å². The molecule has 2 amide bonds. The van der Waals surface area contributed by atoms with Crippen LogP contribution in [-0.2, 0) is 11.3 Å². The molecule has 0 aromatic heterocycles. The molecule has 0 radical (unpaired) electrons. The lowest BCUT2D eigenvalue weighted by Crippen LogP contribution is -2.24. The van der Waals surface area contributed by atoms with E-state index in [2.05, 4.69) is 10.5 Å². The highest BCUT2D eigenvalue weighted by Gasteiger charge is 2.20. The second-order valence-electron chi connectivity index (χ2n) is 4.44. The van der Waals surface area contributed by atoms with Crippen molar-refractivity contribution in [2.24, 2.45) is 16.8 Å². The van der Waals surface area contributed by atoms with E-state index in [-0.39, 0.29) is 0 Å². The Bertz CT molecular complexity index is 442. The second kappa shape index (κ2) is 6.16. The highest BCUT2D eigenvalue weighted by molar-refractivity contribution is 5.81. The van der Waals surface area contributed by atoms with Gasteiger partial charge in [0.25, 0.3) is 0 Å². The molecule has 1 aliphatic carbocycles. The molecule has 3 N–H and O–H groups in total. The van der Waals surface area contributed by atoms with Crippen molar-refractivity contribution < 1.29 is 9.53 Å². The van der Waals surface area contributed by atoms with Crippen LogP contribution < -0.4 is 11.2 Å². The number of amides is 2. The monoisotopic (exact) mass is 247 g/mol. The molecule has 5 nitrogen and oxygen atoms in total. The van der Waals surface area contributed by atoms with Gasteiger partial charge in [-0.15, -0.1) is 0 Å². The van der Waals surface area contributed by atoms with Crippen LogP contribution in [0.5, 0.6) is 0 Å². The van der Waals surface area contributed by atoms with Crippen LogP contribution in [0.1, 0.15) is 24.0 Å². The second-order valence-corrected chi connectivity index (χ2v) is 4.44. The molecule has 0 bridgehead atoms. The zero-order valence-electron chi connectivity index (χ0n) is 10.1. The third kappa shape index (κ3) is 4.55. The SMILES string of the molecule is NC(=O)NN=Cc1cccc(COCC2CC2)c1. The van der Waals surface area contributed by atoms with Gasteiger partial charge in [0, 0.05) is 6.61 Å². The van der Waals surface area contributed by atoms with E-state index in [9.17, 15) is 4.79 Å². The molecule has 0 saturated heterocycles. The van der Waals surface area contributed by atoms with Crippen molar-refractivity contribution in [3.8, 4) is 0 Å². The van der Waals surface area contributed by atoms with Gasteiger partial charge in [-0.25, -0.2) is 10.2 Å². The molecule has 0 heterocycles. The molecule has 0 aliphatic heterocycles. The van der Waals surface area contributed by atoms with Crippen LogP contribution >= 0.6 is 0 Å². The zero-order valence-corrected chi connectivity index (χ0v) is 10.1. The standard InChI is InChI=1S/C13H17N3O2/c14-13(17)16-15-7-11-2-1-3-12(6-11)9-18-8-10-4-5-10/h1-3,6-7,10H,4-5,8-9H2,(H3,14,16,17). The number of urea groups is 1. The third-order valence-corrected chi connectivity index (χ3v) is 2.66. The summed E-state index contributed by atoms with van der Waals surface area (Å²) in [5.41, 5.74) is 9.05. The lowest BCUT2D eigenvalue weighted by molar-refractivity contribution is 0.111. The molecule has 0 unspecified atom stereocenters. The number of hydrogen-bond donors (Lipinski definition) is 2. The van der Waals surface area contributed by atoms with Crippen LogP contribution in [0.2, 0.25) is 0 Å². The third-order valence-electron chi connectivity index (χ3n) is 2.66. The van der Waals surface area contributed by atoms with Gasteiger partial charge >= 0.3 is 6.03 Å². The Kier molecular flexibility index (Phi) is 4.30. The molecule has 1 aliphatic rings. The van der Waals surface area contributed by atoms with Gasteiger partial charge in [-0.05, 0) is 36.0 Å². The van der Waals surface area contributed by atoms with E-state index in [1.165, 1.54) is 12.8 Å². The predicted molar refractivity (Wildman–Crippen MR) is 69.1 cm³/mol. The van der Waals surface area contributed by atoms with Crippen molar-refractivity contribution in [1.29, 1.82) is 0 Å². The van der Waals surface area contributed by atoms with Crippen LogP contribution in [0.3, 0.4) is 0 Å². The first-order valence-electron chi connectivity index (χ1n) is 5.99. The molecule has 1 aromatic rings. The lowest BCUT2D eigenvalue weighted by atomic mass is 10.1. The molecule has 0 atom stereocenters. The van der Waals surface area contributed by atoms with Crippen molar-refractivity contribution in [2.45, 2.75) is 19.4 Å². The van der Waals surface area contributed by atoms with E-state index >= 15 is 0 Å². The van der Waals surface area contributed by atoms with Gasteiger partial charge < -0.3 is 10.5 Å². The van der Waals surface area contributed by atoms with Gasteiger partial charge in [-0.3, -0.25) is 0 Å². The number of nitrogens with zero attached hydrogens (tertiary/aromatic N) is 1. The van der Waals surface area contributed by atoms with Gasteiger partial charge in [0.05, 0.1) is 12.8 Å². The summed E-state index contributed by atoms with van der Waals surface area (Å²) in [7, 11) is 0. The molecule has 2 rings (SSSR count). The molecule has 0 spiro atoms. The summed E-state index contributed by atoms with van der Waals surface area (Å²) in [6, 6.07) is 7.14. The van der Waals surface area contributed by atoms with Crippen molar-refractivity contribution >= 4 is 12.2 Å². The first kappa shape index (κ1) is 12.6. The maximum absolute atomic E-state index is 10.4. The minimum Gasteiger partial charge on any atom is -0.376 e. The molecule has 96 valence electrons. The minimum absolute atomic E-state index is 0.613. The van der Waals surface area contributed by atoms with Crippen LogP contribution in [0.25, 0.3) is 0 Å². The van der Waals surface area contributed by atoms with E-state index in [1.54, 1.807) is 6.21 Å². The van der Waals surface area contributed by atoms with Gasteiger partial charge in [0.15, 0.2) is 0 Å². The lowest BCUT2D eigenvalue weighted by Gasteiger charge is -2.04. The number of nitrogens with two attached hydrogens (primary N) is 1. The van der Waals surface area contributed by atoms with E-state index in [1.807, 2.05) is 24.3 Å². The molecular weight excluding hydrogens is 230 g/mol. The number of benzene rings is 1. The molecule has 1 aromatic carbocycles. The summed E-state index contributed by atoms with van der Waals surface area (Å²) >= 11 is 0. The Morgan fingerprint density at radius 1 is 1.56 bits per heavy atom. The van der Waals surface area contributed by atoms with E-state index in [0.29, 0.717) is 6.61 Å². The van der Waals surface area contributed by atoms with E-state index in [0.717, 1.165) is 23.7 Å². The van der Waals surface area contributed by atoms with Crippen LogP contribution in [-0.4, -0.2) is 18.9 Å². The van der Waals surface area contributed by atoms with Gasteiger partial charge in [-0.2, -0.15) is 5.10 Å². The van der Waals surface area contributed by atoms with Crippen LogP contribution in [0.4, 0.5) is 4.79 Å². The average molecular weight is 247 g/mol.